The lowest BCUT2D eigenvalue weighted by Crippen LogP contribution is -2.53. The van der Waals surface area contributed by atoms with Gasteiger partial charge in [0.1, 0.15) is 18.2 Å². The summed E-state index contributed by atoms with van der Waals surface area (Å²) < 4.78 is 10.6. The van der Waals surface area contributed by atoms with Gasteiger partial charge in [0.25, 0.3) is 0 Å². The summed E-state index contributed by atoms with van der Waals surface area (Å²) in [7, 11) is 0. The van der Waals surface area contributed by atoms with Crippen molar-refractivity contribution in [3.63, 3.8) is 0 Å². The van der Waals surface area contributed by atoms with Crippen molar-refractivity contribution in [2.24, 2.45) is 11.3 Å². The van der Waals surface area contributed by atoms with E-state index in [-0.39, 0.29) is 13.2 Å². The van der Waals surface area contributed by atoms with E-state index in [1.54, 1.807) is 34.6 Å². The lowest BCUT2D eigenvalue weighted by atomic mass is 9.85. The van der Waals surface area contributed by atoms with Gasteiger partial charge in [0.2, 0.25) is 0 Å². The second kappa shape index (κ2) is 7.69. The third kappa shape index (κ3) is 7.89. The molecule has 0 heterocycles. The number of carboxylic acids is 1. The molecule has 0 aromatic carbocycles. The van der Waals surface area contributed by atoms with Crippen LogP contribution in [0.1, 0.15) is 47.5 Å². The molecule has 130 valence electrons. The average molecular weight is 325 g/mol. The molecular weight excluding hydrogens is 298 g/mol. The van der Waals surface area contributed by atoms with Gasteiger partial charge in [-0.3, -0.25) is 0 Å². The number of carbonyl (C=O) groups excluding carboxylic acids is 1. The fraction of sp³-hybridized carbons (Fsp3) is 0.765. The van der Waals surface area contributed by atoms with Gasteiger partial charge in [-0.2, -0.15) is 0 Å². The third-order valence-electron chi connectivity index (χ3n) is 3.22. The molecule has 1 amide bonds. The van der Waals surface area contributed by atoms with Gasteiger partial charge in [0.15, 0.2) is 0 Å². The van der Waals surface area contributed by atoms with E-state index in [9.17, 15) is 14.7 Å². The Labute approximate surface area is 137 Å². The van der Waals surface area contributed by atoms with E-state index >= 15 is 0 Å². The van der Waals surface area contributed by atoms with Crippen LogP contribution in [0.15, 0.2) is 0 Å². The minimum atomic E-state index is -1.13. The van der Waals surface area contributed by atoms with Crippen molar-refractivity contribution in [1.82, 2.24) is 5.32 Å². The number of aliphatic carboxylic acids is 1. The quantitative estimate of drug-likeness (QED) is 0.579. The summed E-state index contributed by atoms with van der Waals surface area (Å²) in [5, 5.41) is 11.8. The number of hydrogen-bond donors (Lipinski definition) is 2. The molecule has 0 radical (unpaired) electrons. The van der Waals surface area contributed by atoms with Gasteiger partial charge in [0.05, 0.1) is 6.61 Å². The van der Waals surface area contributed by atoms with E-state index in [2.05, 4.69) is 17.2 Å². The monoisotopic (exact) mass is 325 g/mol. The third-order valence-corrected chi connectivity index (χ3v) is 3.22. The maximum absolute atomic E-state index is 11.8. The first kappa shape index (κ1) is 19.3. The summed E-state index contributed by atoms with van der Waals surface area (Å²) >= 11 is 0. The van der Waals surface area contributed by atoms with Crippen molar-refractivity contribution < 1.29 is 24.2 Å². The van der Waals surface area contributed by atoms with Gasteiger partial charge in [-0.1, -0.05) is 25.7 Å². The van der Waals surface area contributed by atoms with Crippen LogP contribution in [-0.4, -0.2) is 42.0 Å². The number of rotatable bonds is 6. The van der Waals surface area contributed by atoms with Gasteiger partial charge >= 0.3 is 12.1 Å². The van der Waals surface area contributed by atoms with Crippen molar-refractivity contribution in [2.45, 2.75) is 59.1 Å². The molecule has 6 nitrogen and oxygen atoms in total. The Morgan fingerprint density at radius 2 is 1.87 bits per heavy atom. The van der Waals surface area contributed by atoms with E-state index in [1.165, 1.54) is 0 Å². The van der Waals surface area contributed by atoms with Gasteiger partial charge in [-0.15, -0.1) is 0 Å². The summed E-state index contributed by atoms with van der Waals surface area (Å²) in [4.78, 5) is 23.3. The smallest absolute Gasteiger partial charge is 0.408 e. The molecule has 1 aliphatic carbocycles. The normalized spacial score (nSPS) is 16.0. The lowest BCUT2D eigenvalue weighted by molar-refractivity contribution is -0.143. The van der Waals surface area contributed by atoms with Crippen LogP contribution in [0.3, 0.4) is 0 Å². The van der Waals surface area contributed by atoms with Crippen LogP contribution in [-0.2, 0) is 14.3 Å². The highest BCUT2D eigenvalue weighted by atomic mass is 16.6. The molecule has 0 spiro atoms. The van der Waals surface area contributed by atoms with Crippen molar-refractivity contribution in [1.29, 1.82) is 0 Å². The molecule has 0 aliphatic heterocycles. The van der Waals surface area contributed by atoms with E-state index in [4.69, 9.17) is 9.47 Å². The molecule has 1 atom stereocenters. The number of carboxylic acid groups (broad SMARTS) is 1. The molecule has 0 saturated heterocycles. The Balaban J connectivity index is 2.53. The van der Waals surface area contributed by atoms with E-state index < -0.39 is 29.1 Å². The molecule has 6 heteroatoms. The van der Waals surface area contributed by atoms with Crippen LogP contribution in [0.5, 0.6) is 0 Å². The Morgan fingerprint density at radius 1 is 1.26 bits per heavy atom. The Bertz CT molecular complexity index is 491. The van der Waals surface area contributed by atoms with E-state index in [1.807, 2.05) is 0 Å². The van der Waals surface area contributed by atoms with Crippen LogP contribution in [0.25, 0.3) is 0 Å². The number of carbonyl (C=O) groups is 2. The molecule has 0 unspecified atom stereocenters. The summed E-state index contributed by atoms with van der Waals surface area (Å²) in [6.45, 7) is 9.02. The highest BCUT2D eigenvalue weighted by Crippen LogP contribution is 2.27. The molecule has 2 N–H and O–H groups in total. The molecular formula is C17H27NO5. The van der Waals surface area contributed by atoms with E-state index in [0.29, 0.717) is 5.92 Å². The molecule has 1 fully saturated rings. The number of amides is 1. The van der Waals surface area contributed by atoms with Crippen LogP contribution < -0.4 is 5.32 Å². The SMILES string of the molecule is CC(C)(C)OC(=O)N[C@H](C(=O)O)C(C)(C)COCC#CC1CC1. The second-order valence-corrected chi connectivity index (χ2v) is 7.49. The number of hydrogen-bond acceptors (Lipinski definition) is 4. The first-order chi connectivity index (χ1) is 10.5. The number of nitrogens with one attached hydrogen (secondary N) is 1. The van der Waals surface area contributed by atoms with Gasteiger partial charge in [0, 0.05) is 11.3 Å². The second-order valence-electron chi connectivity index (χ2n) is 7.49. The van der Waals surface area contributed by atoms with Crippen molar-refractivity contribution in [2.75, 3.05) is 13.2 Å². The average Bonchev–Trinajstić information content (AvgIpc) is 3.16. The zero-order valence-electron chi connectivity index (χ0n) is 14.6. The molecule has 0 aromatic rings. The molecule has 0 aromatic heterocycles. The Kier molecular flexibility index (Phi) is 6.46. The first-order valence-corrected chi connectivity index (χ1v) is 7.80. The molecule has 1 saturated carbocycles. The first-order valence-electron chi connectivity index (χ1n) is 7.80. The zero-order chi connectivity index (χ0) is 17.7. The van der Waals surface area contributed by atoms with Crippen LogP contribution >= 0.6 is 0 Å². The van der Waals surface area contributed by atoms with Crippen LogP contribution in [0, 0.1) is 23.2 Å². The minimum Gasteiger partial charge on any atom is -0.480 e. The van der Waals surface area contributed by atoms with Crippen molar-refractivity contribution in [3.05, 3.63) is 0 Å². The highest BCUT2D eigenvalue weighted by molar-refractivity contribution is 5.80. The summed E-state index contributed by atoms with van der Waals surface area (Å²) in [6.07, 6.45) is 1.55. The maximum atomic E-state index is 11.8. The van der Waals surface area contributed by atoms with Gasteiger partial charge in [-0.05, 0) is 33.6 Å². The fourth-order valence-electron chi connectivity index (χ4n) is 1.88. The van der Waals surface area contributed by atoms with E-state index in [0.717, 1.165) is 12.8 Å². The zero-order valence-corrected chi connectivity index (χ0v) is 14.6. The topological polar surface area (TPSA) is 84.9 Å². The summed E-state index contributed by atoms with van der Waals surface area (Å²) in [5.74, 6) is 5.38. The fourth-order valence-corrected chi connectivity index (χ4v) is 1.88. The minimum absolute atomic E-state index is 0.166. The predicted octanol–water partition coefficient (Wildman–Crippen LogP) is 2.42. The van der Waals surface area contributed by atoms with Crippen LogP contribution in [0.4, 0.5) is 4.79 Å². The molecule has 0 bridgehead atoms. The highest BCUT2D eigenvalue weighted by Gasteiger charge is 2.38. The molecule has 1 rings (SSSR count). The van der Waals surface area contributed by atoms with Crippen LogP contribution in [0.2, 0.25) is 0 Å². The summed E-state index contributed by atoms with van der Waals surface area (Å²) in [5.41, 5.74) is -1.49. The standard InChI is InChI=1S/C17H27NO5/c1-16(2,3)23-15(21)18-13(14(19)20)17(4,5)11-22-10-6-7-12-8-9-12/h12-13H,8-11H2,1-5H3,(H,18,21)(H,19,20)/t13-/m1/s1. The molecule has 23 heavy (non-hydrogen) atoms. The Morgan fingerprint density at radius 3 is 2.35 bits per heavy atom. The lowest BCUT2D eigenvalue weighted by Gasteiger charge is -2.32. The summed E-state index contributed by atoms with van der Waals surface area (Å²) in [6, 6.07) is -1.12. The number of alkyl carbamates (subject to hydrolysis) is 1. The van der Waals surface area contributed by atoms with Crippen molar-refractivity contribution in [3.8, 4) is 11.8 Å². The maximum Gasteiger partial charge on any atom is 0.408 e. The largest absolute Gasteiger partial charge is 0.480 e. The number of ether oxygens (including phenoxy) is 2. The Hall–Kier alpha value is -1.74. The van der Waals surface area contributed by atoms with Gasteiger partial charge in [-0.25, -0.2) is 9.59 Å². The predicted molar refractivity (Wildman–Crippen MR) is 85.9 cm³/mol. The van der Waals surface area contributed by atoms with Gasteiger partial charge < -0.3 is 19.9 Å². The molecule has 1 aliphatic rings. The van der Waals surface area contributed by atoms with Crippen molar-refractivity contribution >= 4 is 12.1 Å².